The van der Waals surface area contributed by atoms with E-state index in [4.69, 9.17) is 5.73 Å². The van der Waals surface area contributed by atoms with Crippen molar-refractivity contribution in [2.24, 2.45) is 5.73 Å². The second-order valence-corrected chi connectivity index (χ2v) is 4.07. The Hall–Kier alpha value is -1.87. The molecule has 0 bridgehead atoms. The zero-order valence-electron chi connectivity index (χ0n) is 10.2. The summed E-state index contributed by atoms with van der Waals surface area (Å²) in [6, 6.07) is 12.2. The molecule has 1 aromatic heterocycles. The molecular weight excluding hydrogens is 210 g/mol. The van der Waals surface area contributed by atoms with Crippen molar-refractivity contribution < 1.29 is 0 Å². The summed E-state index contributed by atoms with van der Waals surface area (Å²) in [4.78, 5) is 6.45. The van der Waals surface area contributed by atoms with Crippen LogP contribution in [0, 0.1) is 6.92 Å². The first kappa shape index (κ1) is 11.6. The van der Waals surface area contributed by atoms with Crippen LogP contribution in [0.3, 0.4) is 0 Å². The Morgan fingerprint density at radius 2 is 2.00 bits per heavy atom. The maximum atomic E-state index is 5.64. The summed E-state index contributed by atoms with van der Waals surface area (Å²) >= 11 is 0. The molecule has 0 spiro atoms. The van der Waals surface area contributed by atoms with Gasteiger partial charge in [-0.1, -0.05) is 18.2 Å². The first-order chi connectivity index (χ1) is 8.22. The Balaban J connectivity index is 2.37. The minimum Gasteiger partial charge on any atom is -0.329 e. The first-order valence-corrected chi connectivity index (χ1v) is 5.66. The number of rotatable bonds is 3. The van der Waals surface area contributed by atoms with Crippen LogP contribution in [0.15, 0.2) is 42.6 Å². The van der Waals surface area contributed by atoms with Crippen LogP contribution in [-0.4, -0.2) is 12.0 Å². The van der Waals surface area contributed by atoms with Gasteiger partial charge in [0.1, 0.15) is 5.82 Å². The number of aryl methyl sites for hydroxylation is 1. The molecule has 0 atom stereocenters. The maximum Gasteiger partial charge on any atom is 0.132 e. The predicted molar refractivity (Wildman–Crippen MR) is 71.4 cm³/mol. The Labute approximate surface area is 102 Å². The number of nitrogens with two attached hydrogens (primary N) is 1. The van der Waals surface area contributed by atoms with Gasteiger partial charge in [0.05, 0.1) is 0 Å². The van der Waals surface area contributed by atoms with Crippen molar-refractivity contribution in [3.63, 3.8) is 0 Å². The van der Waals surface area contributed by atoms with E-state index in [-0.39, 0.29) is 0 Å². The normalized spacial score (nSPS) is 10.3. The van der Waals surface area contributed by atoms with E-state index in [1.807, 2.05) is 31.3 Å². The molecule has 0 aliphatic carbocycles. The van der Waals surface area contributed by atoms with Crippen molar-refractivity contribution >= 4 is 11.5 Å². The number of hydrogen-bond acceptors (Lipinski definition) is 3. The van der Waals surface area contributed by atoms with Gasteiger partial charge in [-0.25, -0.2) is 4.98 Å². The highest BCUT2D eigenvalue weighted by Gasteiger charge is 2.07. The van der Waals surface area contributed by atoms with E-state index < -0.39 is 0 Å². The lowest BCUT2D eigenvalue weighted by atomic mass is 10.2. The Morgan fingerprint density at radius 3 is 2.71 bits per heavy atom. The molecule has 0 saturated heterocycles. The molecule has 0 radical (unpaired) electrons. The van der Waals surface area contributed by atoms with E-state index >= 15 is 0 Å². The van der Waals surface area contributed by atoms with Crippen molar-refractivity contribution in [3.05, 3.63) is 53.7 Å². The summed E-state index contributed by atoms with van der Waals surface area (Å²) in [5.74, 6) is 0.919. The number of aromatic nitrogens is 1. The Bertz CT molecular complexity index is 508. The van der Waals surface area contributed by atoms with Gasteiger partial charge in [-0.15, -0.1) is 0 Å². The highest BCUT2D eigenvalue weighted by molar-refractivity contribution is 5.63. The van der Waals surface area contributed by atoms with Crippen molar-refractivity contribution in [3.8, 4) is 0 Å². The van der Waals surface area contributed by atoms with Gasteiger partial charge in [0.2, 0.25) is 0 Å². The van der Waals surface area contributed by atoms with E-state index in [0.717, 1.165) is 17.1 Å². The minimum atomic E-state index is 0.539. The number of para-hydroxylation sites is 1. The SMILES string of the molecule is Cc1ccccc1N(C)c1cc(CN)ccn1. The van der Waals surface area contributed by atoms with E-state index in [1.54, 1.807) is 6.20 Å². The first-order valence-electron chi connectivity index (χ1n) is 5.66. The fraction of sp³-hybridized carbons (Fsp3) is 0.214. The summed E-state index contributed by atoms with van der Waals surface area (Å²) in [6.45, 7) is 2.63. The van der Waals surface area contributed by atoms with E-state index in [9.17, 15) is 0 Å². The van der Waals surface area contributed by atoms with Crippen LogP contribution in [-0.2, 0) is 6.54 Å². The van der Waals surface area contributed by atoms with Gasteiger partial charge in [-0.3, -0.25) is 0 Å². The molecule has 0 unspecified atom stereocenters. The van der Waals surface area contributed by atoms with E-state index in [2.05, 4.69) is 28.9 Å². The lowest BCUT2D eigenvalue weighted by Crippen LogP contribution is -2.13. The zero-order chi connectivity index (χ0) is 12.3. The summed E-state index contributed by atoms with van der Waals surface area (Å²) in [7, 11) is 2.02. The van der Waals surface area contributed by atoms with E-state index in [0.29, 0.717) is 6.54 Å². The number of pyridine rings is 1. The number of anilines is 2. The fourth-order valence-electron chi connectivity index (χ4n) is 1.83. The Morgan fingerprint density at radius 1 is 1.24 bits per heavy atom. The quantitative estimate of drug-likeness (QED) is 0.876. The summed E-state index contributed by atoms with van der Waals surface area (Å²) in [5.41, 5.74) is 9.13. The van der Waals surface area contributed by atoms with Crippen LogP contribution in [0.2, 0.25) is 0 Å². The maximum absolute atomic E-state index is 5.64. The second-order valence-electron chi connectivity index (χ2n) is 4.07. The van der Waals surface area contributed by atoms with Crippen LogP contribution >= 0.6 is 0 Å². The lowest BCUT2D eigenvalue weighted by Gasteiger charge is -2.20. The molecule has 0 aliphatic heterocycles. The molecule has 0 amide bonds. The van der Waals surface area contributed by atoms with Crippen molar-refractivity contribution in [2.45, 2.75) is 13.5 Å². The monoisotopic (exact) mass is 227 g/mol. The largest absolute Gasteiger partial charge is 0.329 e. The summed E-state index contributed by atoms with van der Waals surface area (Å²) in [5, 5.41) is 0. The van der Waals surface area contributed by atoms with Gasteiger partial charge < -0.3 is 10.6 Å². The standard InChI is InChI=1S/C14H17N3/c1-11-5-3-4-6-13(11)17(2)14-9-12(10-15)7-8-16-14/h3-9H,10,15H2,1-2H3. The fourth-order valence-corrected chi connectivity index (χ4v) is 1.83. The molecule has 1 aromatic carbocycles. The molecule has 88 valence electrons. The smallest absolute Gasteiger partial charge is 0.132 e. The number of benzene rings is 1. The topological polar surface area (TPSA) is 42.1 Å². The molecule has 2 aromatic rings. The molecule has 17 heavy (non-hydrogen) atoms. The van der Waals surface area contributed by atoms with Crippen LogP contribution < -0.4 is 10.6 Å². The molecule has 3 nitrogen and oxygen atoms in total. The van der Waals surface area contributed by atoms with Gasteiger partial charge in [0.25, 0.3) is 0 Å². The highest BCUT2D eigenvalue weighted by Crippen LogP contribution is 2.25. The average Bonchev–Trinajstić information content (AvgIpc) is 2.38. The van der Waals surface area contributed by atoms with Gasteiger partial charge in [-0.05, 0) is 36.2 Å². The van der Waals surface area contributed by atoms with Crippen LogP contribution in [0.1, 0.15) is 11.1 Å². The predicted octanol–water partition coefficient (Wildman–Crippen LogP) is 2.62. The Kier molecular flexibility index (Phi) is 3.40. The highest BCUT2D eigenvalue weighted by atomic mass is 15.2. The second kappa shape index (κ2) is 4.97. The van der Waals surface area contributed by atoms with E-state index in [1.165, 1.54) is 5.56 Å². The van der Waals surface area contributed by atoms with Gasteiger partial charge in [-0.2, -0.15) is 0 Å². The molecule has 3 heteroatoms. The molecule has 1 heterocycles. The van der Waals surface area contributed by atoms with Crippen molar-refractivity contribution in [1.29, 1.82) is 0 Å². The van der Waals surface area contributed by atoms with Gasteiger partial charge >= 0.3 is 0 Å². The number of nitrogens with zero attached hydrogens (tertiary/aromatic N) is 2. The van der Waals surface area contributed by atoms with Crippen LogP contribution in [0.5, 0.6) is 0 Å². The van der Waals surface area contributed by atoms with Gasteiger partial charge in [0.15, 0.2) is 0 Å². The molecule has 0 aliphatic rings. The van der Waals surface area contributed by atoms with Crippen LogP contribution in [0.25, 0.3) is 0 Å². The molecular formula is C14H17N3. The third-order valence-corrected chi connectivity index (χ3v) is 2.87. The molecule has 0 saturated carbocycles. The molecule has 2 N–H and O–H groups in total. The summed E-state index contributed by atoms with van der Waals surface area (Å²) in [6.07, 6.45) is 1.80. The minimum absolute atomic E-state index is 0.539. The van der Waals surface area contributed by atoms with Gasteiger partial charge in [0, 0.05) is 25.5 Å². The summed E-state index contributed by atoms with van der Waals surface area (Å²) < 4.78 is 0. The molecule has 2 rings (SSSR count). The zero-order valence-corrected chi connectivity index (χ0v) is 10.2. The third-order valence-electron chi connectivity index (χ3n) is 2.87. The average molecular weight is 227 g/mol. The lowest BCUT2D eigenvalue weighted by molar-refractivity contribution is 1.04. The third kappa shape index (κ3) is 2.45. The van der Waals surface area contributed by atoms with Crippen molar-refractivity contribution in [2.75, 3.05) is 11.9 Å². The van der Waals surface area contributed by atoms with Crippen molar-refractivity contribution in [1.82, 2.24) is 4.98 Å². The van der Waals surface area contributed by atoms with Crippen LogP contribution in [0.4, 0.5) is 11.5 Å². The number of hydrogen-bond donors (Lipinski definition) is 1. The molecule has 0 fully saturated rings.